The van der Waals surface area contributed by atoms with Crippen molar-refractivity contribution in [3.05, 3.63) is 45.5 Å². The molecule has 1 atom stereocenters. The number of ketones is 1. The highest BCUT2D eigenvalue weighted by atomic mass is 16.6. The van der Waals surface area contributed by atoms with Gasteiger partial charge < -0.3 is 4.79 Å². The summed E-state index contributed by atoms with van der Waals surface area (Å²) in [6.45, 7) is 3.18. The van der Waals surface area contributed by atoms with Gasteiger partial charge in [0.05, 0.1) is 5.92 Å². The lowest BCUT2D eigenvalue weighted by atomic mass is 9.91. The summed E-state index contributed by atoms with van der Waals surface area (Å²) in [6.07, 6.45) is 0.228. The molecule has 0 spiro atoms. The lowest BCUT2D eigenvalue weighted by Gasteiger charge is -2.13. The normalized spacial score (nSPS) is 12.1. The molecule has 0 fully saturated rings. The molecule has 0 saturated heterocycles. The van der Waals surface area contributed by atoms with Gasteiger partial charge in [-0.3, -0.25) is 10.1 Å². The van der Waals surface area contributed by atoms with E-state index in [0.29, 0.717) is 0 Å². The maximum absolute atomic E-state index is 11.1. The summed E-state index contributed by atoms with van der Waals surface area (Å²) in [7, 11) is 0. The second-order valence-corrected chi connectivity index (χ2v) is 3.97. The minimum atomic E-state index is -0.361. The van der Waals surface area contributed by atoms with Crippen LogP contribution in [-0.4, -0.2) is 17.3 Å². The van der Waals surface area contributed by atoms with Crippen molar-refractivity contribution in [2.45, 2.75) is 26.2 Å². The first-order valence-electron chi connectivity index (χ1n) is 5.17. The molecule has 0 heterocycles. The van der Waals surface area contributed by atoms with Crippen molar-refractivity contribution in [2.24, 2.45) is 0 Å². The molecule has 0 bridgehead atoms. The molecule has 16 heavy (non-hydrogen) atoms. The minimum Gasteiger partial charge on any atom is -0.300 e. The van der Waals surface area contributed by atoms with Crippen LogP contribution in [0.4, 0.5) is 0 Å². The molecule has 0 aliphatic heterocycles. The molecular formula is C12H15NO3. The third-order valence-electron chi connectivity index (χ3n) is 2.53. The van der Waals surface area contributed by atoms with Gasteiger partial charge in [-0.1, -0.05) is 24.3 Å². The fraction of sp³-hybridized carbons (Fsp3) is 0.417. The van der Waals surface area contributed by atoms with Crippen molar-refractivity contribution >= 4 is 5.78 Å². The molecule has 0 aromatic heterocycles. The lowest BCUT2D eigenvalue weighted by molar-refractivity contribution is -0.483. The Hall–Kier alpha value is -1.71. The van der Waals surface area contributed by atoms with Gasteiger partial charge in [-0.2, -0.15) is 0 Å². The highest BCUT2D eigenvalue weighted by Gasteiger charge is 2.20. The van der Waals surface area contributed by atoms with E-state index in [1.165, 1.54) is 6.92 Å². The number of rotatable bonds is 5. The van der Waals surface area contributed by atoms with Gasteiger partial charge in [0.25, 0.3) is 0 Å². The van der Waals surface area contributed by atoms with Crippen LogP contribution in [0.25, 0.3) is 0 Å². The Bertz CT molecular complexity index is 385. The summed E-state index contributed by atoms with van der Waals surface area (Å²) >= 11 is 0. The van der Waals surface area contributed by atoms with Crippen LogP contribution in [0, 0.1) is 17.0 Å². The highest BCUT2D eigenvalue weighted by Crippen LogP contribution is 2.23. The number of nitrogens with zero attached hydrogens (tertiary/aromatic N) is 1. The first-order chi connectivity index (χ1) is 7.50. The summed E-state index contributed by atoms with van der Waals surface area (Å²) in [4.78, 5) is 21.3. The lowest BCUT2D eigenvalue weighted by Crippen LogP contribution is -2.16. The maximum Gasteiger partial charge on any atom is 0.211 e. The first kappa shape index (κ1) is 12.4. The zero-order valence-corrected chi connectivity index (χ0v) is 9.47. The molecule has 0 radical (unpaired) electrons. The maximum atomic E-state index is 11.1. The molecule has 0 unspecified atom stereocenters. The average molecular weight is 221 g/mol. The van der Waals surface area contributed by atoms with Gasteiger partial charge in [0.2, 0.25) is 6.54 Å². The highest BCUT2D eigenvalue weighted by molar-refractivity contribution is 5.76. The molecule has 0 N–H and O–H groups in total. The van der Waals surface area contributed by atoms with Crippen molar-refractivity contribution in [3.63, 3.8) is 0 Å². The SMILES string of the molecule is CC(=O)C[C@H](C[N+](=O)[O-])c1ccccc1C. The Morgan fingerprint density at radius 1 is 1.44 bits per heavy atom. The van der Waals surface area contributed by atoms with E-state index in [2.05, 4.69) is 0 Å². The minimum absolute atomic E-state index is 0.0184. The summed E-state index contributed by atoms with van der Waals surface area (Å²) in [5, 5.41) is 10.6. The smallest absolute Gasteiger partial charge is 0.211 e. The summed E-state index contributed by atoms with van der Waals surface area (Å²) < 4.78 is 0. The molecular weight excluding hydrogens is 206 g/mol. The van der Waals surface area contributed by atoms with Gasteiger partial charge in [-0.25, -0.2) is 0 Å². The van der Waals surface area contributed by atoms with Gasteiger partial charge in [-0.15, -0.1) is 0 Å². The van der Waals surface area contributed by atoms with Gasteiger partial charge in [0, 0.05) is 11.3 Å². The standard InChI is InChI=1S/C12H15NO3/c1-9-5-3-4-6-12(9)11(7-10(2)14)8-13(15)16/h3-6,11H,7-8H2,1-2H3/t11-/m1/s1. The topological polar surface area (TPSA) is 60.2 Å². The Morgan fingerprint density at radius 3 is 2.56 bits per heavy atom. The number of hydrogen-bond donors (Lipinski definition) is 0. The number of Topliss-reactive ketones (excluding diaryl/α,β-unsaturated/α-hetero) is 1. The molecule has 1 aromatic carbocycles. The Morgan fingerprint density at radius 2 is 2.06 bits per heavy atom. The summed E-state index contributed by atoms with van der Waals surface area (Å²) in [5.41, 5.74) is 1.89. The van der Waals surface area contributed by atoms with Gasteiger partial charge in [0.1, 0.15) is 5.78 Å². The van der Waals surface area contributed by atoms with Crippen LogP contribution in [0.3, 0.4) is 0 Å². The van der Waals surface area contributed by atoms with Crippen LogP contribution in [0.1, 0.15) is 30.4 Å². The molecule has 0 saturated carbocycles. The summed E-state index contributed by atoms with van der Waals surface area (Å²) in [6, 6.07) is 7.49. The van der Waals surface area contributed by atoms with E-state index in [9.17, 15) is 14.9 Å². The Kier molecular flexibility index (Phi) is 4.17. The molecule has 1 rings (SSSR count). The van der Waals surface area contributed by atoms with Crippen molar-refractivity contribution < 1.29 is 9.72 Å². The first-order valence-corrected chi connectivity index (χ1v) is 5.17. The van der Waals surface area contributed by atoms with E-state index in [0.717, 1.165) is 11.1 Å². The largest absolute Gasteiger partial charge is 0.300 e. The Balaban J connectivity index is 2.96. The summed E-state index contributed by atoms with van der Waals surface area (Å²) in [5.74, 6) is -0.330. The molecule has 4 heteroatoms. The van der Waals surface area contributed by atoms with E-state index in [1.807, 2.05) is 31.2 Å². The van der Waals surface area contributed by atoms with Crippen molar-refractivity contribution in [3.8, 4) is 0 Å². The fourth-order valence-corrected chi connectivity index (χ4v) is 1.84. The molecule has 0 amide bonds. The fourth-order valence-electron chi connectivity index (χ4n) is 1.84. The molecule has 86 valence electrons. The van der Waals surface area contributed by atoms with Crippen molar-refractivity contribution in [1.29, 1.82) is 0 Å². The van der Waals surface area contributed by atoms with Crippen LogP contribution in [-0.2, 0) is 4.79 Å². The zero-order valence-electron chi connectivity index (χ0n) is 9.47. The van der Waals surface area contributed by atoms with Crippen molar-refractivity contribution in [2.75, 3.05) is 6.54 Å². The molecule has 1 aromatic rings. The monoisotopic (exact) mass is 221 g/mol. The zero-order chi connectivity index (χ0) is 12.1. The van der Waals surface area contributed by atoms with Crippen LogP contribution >= 0.6 is 0 Å². The number of aryl methyl sites for hydroxylation is 1. The quantitative estimate of drug-likeness (QED) is 0.566. The number of carbonyl (C=O) groups is 1. The van der Waals surface area contributed by atoms with Gasteiger partial charge in [-0.05, 0) is 25.0 Å². The number of hydrogen-bond acceptors (Lipinski definition) is 3. The second kappa shape index (κ2) is 5.39. The molecule has 4 nitrogen and oxygen atoms in total. The van der Waals surface area contributed by atoms with Crippen LogP contribution in [0.5, 0.6) is 0 Å². The average Bonchev–Trinajstić information content (AvgIpc) is 2.15. The third-order valence-corrected chi connectivity index (χ3v) is 2.53. The molecule has 0 aliphatic carbocycles. The van der Waals surface area contributed by atoms with Crippen LogP contribution in [0.15, 0.2) is 24.3 Å². The predicted octanol–water partition coefficient (Wildman–Crippen LogP) is 2.33. The number of nitro groups is 1. The number of carbonyl (C=O) groups excluding carboxylic acids is 1. The third kappa shape index (κ3) is 3.46. The van der Waals surface area contributed by atoms with Crippen molar-refractivity contribution in [1.82, 2.24) is 0 Å². The molecule has 0 aliphatic rings. The van der Waals surface area contributed by atoms with E-state index in [4.69, 9.17) is 0 Å². The van der Waals surface area contributed by atoms with Gasteiger partial charge >= 0.3 is 0 Å². The van der Waals surface area contributed by atoms with E-state index >= 15 is 0 Å². The van der Waals surface area contributed by atoms with Gasteiger partial charge in [0.15, 0.2) is 0 Å². The van der Waals surface area contributed by atoms with E-state index < -0.39 is 0 Å². The Labute approximate surface area is 94.4 Å². The van der Waals surface area contributed by atoms with E-state index in [-0.39, 0.29) is 29.6 Å². The van der Waals surface area contributed by atoms with Crippen LogP contribution < -0.4 is 0 Å². The second-order valence-electron chi connectivity index (χ2n) is 3.97. The predicted molar refractivity (Wildman–Crippen MR) is 61.1 cm³/mol. The van der Waals surface area contributed by atoms with E-state index in [1.54, 1.807) is 0 Å². The van der Waals surface area contributed by atoms with Crippen LogP contribution in [0.2, 0.25) is 0 Å². The number of benzene rings is 1.